The number of aromatic amines is 1. The molecule has 0 spiro atoms. The van der Waals surface area contributed by atoms with Gasteiger partial charge in [0.05, 0.1) is 17.0 Å². The van der Waals surface area contributed by atoms with E-state index in [-0.39, 0.29) is 27.4 Å². The van der Waals surface area contributed by atoms with E-state index in [0.29, 0.717) is 5.69 Å². The van der Waals surface area contributed by atoms with Gasteiger partial charge in [-0.3, -0.25) is 14.3 Å². The zero-order valence-electron chi connectivity index (χ0n) is 13.1. The maximum atomic E-state index is 12.3. The Morgan fingerprint density at radius 2 is 2.00 bits per heavy atom. The van der Waals surface area contributed by atoms with E-state index in [2.05, 4.69) is 9.97 Å². The molecule has 24 heavy (non-hydrogen) atoms. The van der Waals surface area contributed by atoms with Crippen LogP contribution in [0.15, 0.2) is 41.2 Å². The van der Waals surface area contributed by atoms with E-state index >= 15 is 0 Å². The molecule has 6 nitrogen and oxygen atoms in total. The number of nitrogens with one attached hydrogen (secondary N) is 1. The molecule has 0 bridgehead atoms. The Morgan fingerprint density at radius 3 is 2.62 bits per heavy atom. The number of aromatic carboxylic acids is 1. The molecule has 0 saturated heterocycles. The van der Waals surface area contributed by atoms with Crippen LogP contribution in [0.3, 0.4) is 0 Å². The van der Waals surface area contributed by atoms with Crippen molar-refractivity contribution < 1.29 is 9.90 Å². The lowest BCUT2D eigenvalue weighted by Gasteiger charge is -2.19. The molecule has 1 atom stereocenters. The van der Waals surface area contributed by atoms with Gasteiger partial charge < -0.3 is 5.11 Å². The summed E-state index contributed by atoms with van der Waals surface area (Å²) < 4.78 is 1.89. The van der Waals surface area contributed by atoms with Crippen LogP contribution in [0.2, 0.25) is 0 Å². The van der Waals surface area contributed by atoms with Gasteiger partial charge >= 0.3 is 5.97 Å². The van der Waals surface area contributed by atoms with Crippen LogP contribution in [0.1, 0.15) is 34.6 Å². The SMILES string of the molecule is Cc1cc(C(=O)O)c2c(=O)[nH]c(=S)n([C@@H](C)c3ccccc3)c2n1. The van der Waals surface area contributed by atoms with Crippen LogP contribution >= 0.6 is 12.2 Å². The lowest BCUT2D eigenvalue weighted by molar-refractivity contribution is 0.0698. The molecular weight excluding hydrogens is 326 g/mol. The summed E-state index contributed by atoms with van der Waals surface area (Å²) in [6.07, 6.45) is 0. The number of nitrogens with zero attached hydrogens (tertiary/aromatic N) is 2. The van der Waals surface area contributed by atoms with Crippen molar-refractivity contribution >= 4 is 29.2 Å². The van der Waals surface area contributed by atoms with E-state index in [1.807, 2.05) is 37.3 Å². The monoisotopic (exact) mass is 341 g/mol. The molecule has 0 aliphatic heterocycles. The van der Waals surface area contributed by atoms with Crippen molar-refractivity contribution in [2.75, 3.05) is 0 Å². The minimum Gasteiger partial charge on any atom is -0.478 e. The Hall–Kier alpha value is -2.80. The molecule has 0 aliphatic rings. The molecule has 1 aromatic carbocycles. The number of carboxylic acid groups (broad SMARTS) is 1. The van der Waals surface area contributed by atoms with Crippen LogP contribution in [0, 0.1) is 11.7 Å². The van der Waals surface area contributed by atoms with Crippen LogP contribution in [0.25, 0.3) is 11.0 Å². The molecule has 122 valence electrons. The third-order valence-corrected chi connectivity index (χ3v) is 4.22. The van der Waals surface area contributed by atoms with Crippen molar-refractivity contribution in [3.63, 3.8) is 0 Å². The van der Waals surface area contributed by atoms with E-state index in [9.17, 15) is 14.7 Å². The molecule has 0 amide bonds. The fourth-order valence-electron chi connectivity index (χ4n) is 2.78. The first-order valence-corrected chi connectivity index (χ1v) is 7.75. The normalized spacial score (nSPS) is 12.2. The highest BCUT2D eigenvalue weighted by Gasteiger charge is 2.20. The van der Waals surface area contributed by atoms with Gasteiger partial charge in [0, 0.05) is 5.69 Å². The average molecular weight is 341 g/mol. The standard InChI is InChI=1S/C17H15N3O3S/c1-9-8-12(16(22)23)13-14(18-9)20(17(24)19-15(13)21)10(2)11-6-4-3-5-7-11/h3-8,10H,1-2H3,(H,22,23)(H,19,21,24)/t10-/m0/s1. The van der Waals surface area contributed by atoms with Gasteiger partial charge in [-0.05, 0) is 37.7 Å². The van der Waals surface area contributed by atoms with Crippen molar-refractivity contribution in [2.45, 2.75) is 19.9 Å². The summed E-state index contributed by atoms with van der Waals surface area (Å²) in [6, 6.07) is 10.8. The van der Waals surface area contributed by atoms with E-state index < -0.39 is 11.5 Å². The summed E-state index contributed by atoms with van der Waals surface area (Å²) >= 11 is 5.32. The van der Waals surface area contributed by atoms with Crippen LogP contribution in [0.4, 0.5) is 0 Å². The molecule has 0 aliphatic carbocycles. The number of aromatic nitrogens is 3. The summed E-state index contributed by atoms with van der Waals surface area (Å²) in [5, 5.41) is 9.46. The number of benzene rings is 1. The van der Waals surface area contributed by atoms with E-state index in [0.717, 1.165) is 5.56 Å². The molecule has 3 aromatic rings. The molecule has 0 fully saturated rings. The molecule has 2 aromatic heterocycles. The first-order valence-electron chi connectivity index (χ1n) is 7.34. The quantitative estimate of drug-likeness (QED) is 0.715. The lowest BCUT2D eigenvalue weighted by Crippen LogP contribution is -2.21. The number of fused-ring (bicyclic) bond motifs is 1. The number of hydrogen-bond donors (Lipinski definition) is 2. The number of hydrogen-bond acceptors (Lipinski definition) is 4. The number of carbonyl (C=O) groups is 1. The summed E-state index contributed by atoms with van der Waals surface area (Å²) in [5.74, 6) is -1.17. The minimum absolute atomic E-state index is 0.0319. The predicted molar refractivity (Wildman–Crippen MR) is 93.1 cm³/mol. The van der Waals surface area contributed by atoms with Crippen LogP contribution in [-0.4, -0.2) is 25.6 Å². The predicted octanol–water partition coefficient (Wildman–Crippen LogP) is 3.07. The number of carboxylic acids is 1. The molecule has 3 rings (SSSR count). The van der Waals surface area contributed by atoms with E-state index in [1.54, 1.807) is 11.5 Å². The fourth-order valence-corrected chi connectivity index (χ4v) is 3.12. The van der Waals surface area contributed by atoms with Crippen LogP contribution in [-0.2, 0) is 0 Å². The number of H-pyrrole nitrogens is 1. The molecule has 7 heteroatoms. The maximum absolute atomic E-state index is 12.3. The Morgan fingerprint density at radius 1 is 1.33 bits per heavy atom. The average Bonchev–Trinajstić information content (AvgIpc) is 2.54. The van der Waals surface area contributed by atoms with Gasteiger partial charge in [-0.2, -0.15) is 0 Å². The second-order valence-corrected chi connectivity index (χ2v) is 5.92. The highest BCUT2D eigenvalue weighted by Crippen LogP contribution is 2.23. The van der Waals surface area contributed by atoms with Crippen molar-refractivity contribution in [3.8, 4) is 0 Å². The van der Waals surface area contributed by atoms with Gasteiger partial charge in [0.1, 0.15) is 5.65 Å². The van der Waals surface area contributed by atoms with Gasteiger partial charge in [0.15, 0.2) is 4.77 Å². The van der Waals surface area contributed by atoms with E-state index in [4.69, 9.17) is 12.2 Å². The highest BCUT2D eigenvalue weighted by molar-refractivity contribution is 7.71. The fraction of sp³-hybridized carbons (Fsp3) is 0.176. The first kappa shape index (κ1) is 16.1. The summed E-state index contributed by atoms with van der Waals surface area (Å²) in [7, 11) is 0. The molecule has 0 saturated carbocycles. The lowest BCUT2D eigenvalue weighted by atomic mass is 10.1. The summed E-state index contributed by atoms with van der Waals surface area (Å²) in [4.78, 5) is 30.8. The zero-order chi connectivity index (χ0) is 17.4. The van der Waals surface area contributed by atoms with Gasteiger partial charge in [-0.25, -0.2) is 9.78 Å². The molecule has 0 radical (unpaired) electrons. The van der Waals surface area contributed by atoms with Crippen molar-refractivity contribution in [1.29, 1.82) is 0 Å². The largest absolute Gasteiger partial charge is 0.478 e. The van der Waals surface area contributed by atoms with Gasteiger partial charge in [0.25, 0.3) is 5.56 Å². The van der Waals surface area contributed by atoms with Gasteiger partial charge in [0.2, 0.25) is 0 Å². The molecular formula is C17H15N3O3S. The van der Waals surface area contributed by atoms with Crippen LogP contribution in [0.5, 0.6) is 0 Å². The second kappa shape index (κ2) is 6.01. The Labute approximate surface area is 142 Å². The topological polar surface area (TPSA) is 88.0 Å². The minimum atomic E-state index is -1.17. The smallest absolute Gasteiger partial charge is 0.336 e. The van der Waals surface area contributed by atoms with E-state index in [1.165, 1.54) is 6.07 Å². The number of pyridine rings is 1. The third kappa shape index (κ3) is 2.63. The zero-order valence-corrected chi connectivity index (χ0v) is 13.9. The summed E-state index contributed by atoms with van der Waals surface area (Å²) in [5.41, 5.74) is 1.13. The van der Waals surface area contributed by atoms with Crippen LogP contribution < -0.4 is 5.56 Å². The third-order valence-electron chi connectivity index (χ3n) is 3.92. The number of aryl methyl sites for hydroxylation is 1. The Kier molecular flexibility index (Phi) is 4.02. The number of rotatable bonds is 3. The first-order chi connectivity index (χ1) is 11.4. The Balaban J connectivity index is 2.43. The van der Waals surface area contributed by atoms with Crippen molar-refractivity contribution in [3.05, 3.63) is 68.3 Å². The Bertz CT molecular complexity index is 1050. The molecule has 2 N–H and O–H groups in total. The van der Waals surface area contributed by atoms with Crippen molar-refractivity contribution in [2.24, 2.45) is 0 Å². The maximum Gasteiger partial charge on any atom is 0.336 e. The molecule has 0 unspecified atom stereocenters. The molecule has 2 heterocycles. The van der Waals surface area contributed by atoms with Gasteiger partial charge in [-0.15, -0.1) is 0 Å². The summed E-state index contributed by atoms with van der Waals surface area (Å²) in [6.45, 7) is 3.61. The van der Waals surface area contributed by atoms with Gasteiger partial charge in [-0.1, -0.05) is 30.3 Å². The van der Waals surface area contributed by atoms with Crippen molar-refractivity contribution in [1.82, 2.24) is 14.5 Å². The highest BCUT2D eigenvalue weighted by atomic mass is 32.1. The second-order valence-electron chi connectivity index (χ2n) is 5.53.